The molecule has 2 nitrogen and oxygen atoms in total. The van der Waals surface area contributed by atoms with Crippen LogP contribution in [0.1, 0.15) is 29.2 Å². The molecule has 0 aliphatic heterocycles. The molecule has 15 heavy (non-hydrogen) atoms. The van der Waals surface area contributed by atoms with Crippen LogP contribution in [0, 0.1) is 0 Å². The van der Waals surface area contributed by atoms with Gasteiger partial charge in [0.1, 0.15) is 5.76 Å². The summed E-state index contributed by atoms with van der Waals surface area (Å²) in [7, 11) is 1.98. The predicted molar refractivity (Wildman–Crippen MR) is 63.3 cm³/mol. The lowest BCUT2D eigenvalue weighted by Crippen LogP contribution is -2.17. The lowest BCUT2D eigenvalue weighted by atomic mass is 10.1. The van der Waals surface area contributed by atoms with Crippen LogP contribution >= 0.6 is 11.3 Å². The van der Waals surface area contributed by atoms with Crippen LogP contribution in [-0.2, 0) is 6.42 Å². The fourth-order valence-corrected chi connectivity index (χ4v) is 2.65. The Bertz CT molecular complexity index is 405. The van der Waals surface area contributed by atoms with Gasteiger partial charge in [0, 0.05) is 16.9 Å². The second kappa shape index (κ2) is 4.64. The Labute approximate surface area is 93.9 Å². The molecule has 2 heterocycles. The summed E-state index contributed by atoms with van der Waals surface area (Å²) in [6.07, 6.45) is 2.71. The normalized spacial score (nSPS) is 12.9. The third kappa shape index (κ3) is 1.98. The highest BCUT2D eigenvalue weighted by molar-refractivity contribution is 7.10. The smallest absolute Gasteiger partial charge is 0.108 e. The highest BCUT2D eigenvalue weighted by Crippen LogP contribution is 2.28. The first-order valence-corrected chi connectivity index (χ1v) is 6.01. The summed E-state index contributed by atoms with van der Waals surface area (Å²) in [5.74, 6) is 1.07. The molecule has 1 atom stereocenters. The van der Waals surface area contributed by atoms with Gasteiger partial charge in [0.05, 0.1) is 12.3 Å². The molecular formula is C12H15NOS. The minimum atomic E-state index is 0.263. The Morgan fingerprint density at radius 2 is 2.33 bits per heavy atom. The first-order chi connectivity index (χ1) is 7.36. The van der Waals surface area contributed by atoms with E-state index in [-0.39, 0.29) is 6.04 Å². The maximum absolute atomic E-state index is 5.46. The number of aryl methyl sites for hydroxylation is 1. The third-order valence-corrected chi connectivity index (χ3v) is 3.47. The van der Waals surface area contributed by atoms with Crippen molar-refractivity contribution in [3.05, 3.63) is 46.0 Å². The Morgan fingerprint density at radius 3 is 2.93 bits per heavy atom. The molecule has 0 amide bonds. The van der Waals surface area contributed by atoms with Crippen molar-refractivity contribution in [1.29, 1.82) is 0 Å². The first kappa shape index (κ1) is 10.5. The molecule has 0 aliphatic rings. The molecular weight excluding hydrogens is 206 g/mol. The summed E-state index contributed by atoms with van der Waals surface area (Å²) in [6.45, 7) is 2.11. The van der Waals surface area contributed by atoms with Crippen molar-refractivity contribution in [2.24, 2.45) is 0 Å². The molecule has 0 bridgehead atoms. The van der Waals surface area contributed by atoms with Gasteiger partial charge in [0.25, 0.3) is 0 Å². The Morgan fingerprint density at radius 1 is 1.47 bits per heavy atom. The van der Waals surface area contributed by atoms with E-state index in [4.69, 9.17) is 4.42 Å². The molecule has 3 heteroatoms. The van der Waals surface area contributed by atoms with E-state index in [1.807, 2.05) is 7.05 Å². The summed E-state index contributed by atoms with van der Waals surface area (Å²) in [5.41, 5.74) is 1.25. The maximum atomic E-state index is 5.46. The summed E-state index contributed by atoms with van der Waals surface area (Å²) < 4.78 is 5.46. The Kier molecular flexibility index (Phi) is 3.23. The van der Waals surface area contributed by atoms with Crippen LogP contribution < -0.4 is 5.32 Å². The quantitative estimate of drug-likeness (QED) is 0.857. The van der Waals surface area contributed by atoms with Gasteiger partial charge >= 0.3 is 0 Å². The van der Waals surface area contributed by atoms with Gasteiger partial charge in [-0.15, -0.1) is 11.3 Å². The standard InChI is InChI=1S/C12H15NOS/c1-3-10-9(6-7-14-10)12(13-2)11-5-4-8-15-11/h4-8,12-13H,3H2,1-2H3. The third-order valence-electron chi connectivity index (χ3n) is 2.53. The van der Waals surface area contributed by atoms with E-state index >= 15 is 0 Å². The van der Waals surface area contributed by atoms with Crippen molar-refractivity contribution in [3.8, 4) is 0 Å². The summed E-state index contributed by atoms with van der Waals surface area (Å²) in [4.78, 5) is 1.33. The van der Waals surface area contributed by atoms with Crippen LogP contribution in [-0.4, -0.2) is 7.05 Å². The Balaban J connectivity index is 2.35. The zero-order chi connectivity index (χ0) is 10.7. The van der Waals surface area contributed by atoms with E-state index in [2.05, 4.69) is 35.8 Å². The van der Waals surface area contributed by atoms with Gasteiger partial charge in [0.15, 0.2) is 0 Å². The fraction of sp³-hybridized carbons (Fsp3) is 0.333. The minimum Gasteiger partial charge on any atom is -0.469 e. The van der Waals surface area contributed by atoms with Gasteiger partial charge in [0.2, 0.25) is 0 Å². The van der Waals surface area contributed by atoms with Crippen molar-refractivity contribution < 1.29 is 4.42 Å². The van der Waals surface area contributed by atoms with Gasteiger partial charge < -0.3 is 9.73 Å². The lowest BCUT2D eigenvalue weighted by Gasteiger charge is -2.14. The van der Waals surface area contributed by atoms with Crippen molar-refractivity contribution in [2.45, 2.75) is 19.4 Å². The van der Waals surface area contributed by atoms with Crippen LogP contribution in [0.3, 0.4) is 0 Å². The number of furan rings is 1. The van der Waals surface area contributed by atoms with Crippen LogP contribution in [0.15, 0.2) is 34.3 Å². The number of rotatable bonds is 4. The molecule has 0 spiro atoms. The minimum absolute atomic E-state index is 0.263. The van der Waals surface area contributed by atoms with E-state index in [1.54, 1.807) is 17.6 Å². The average molecular weight is 221 g/mol. The summed E-state index contributed by atoms with van der Waals surface area (Å²) in [6, 6.07) is 6.55. The fourth-order valence-electron chi connectivity index (χ4n) is 1.80. The van der Waals surface area contributed by atoms with Gasteiger partial charge in [-0.25, -0.2) is 0 Å². The molecule has 0 saturated carbocycles. The summed E-state index contributed by atoms with van der Waals surface area (Å²) >= 11 is 1.77. The van der Waals surface area contributed by atoms with Crippen LogP contribution in [0.2, 0.25) is 0 Å². The monoisotopic (exact) mass is 221 g/mol. The molecule has 2 aromatic heterocycles. The molecule has 1 unspecified atom stereocenters. The van der Waals surface area contributed by atoms with Crippen molar-refractivity contribution in [2.75, 3.05) is 7.05 Å². The zero-order valence-corrected chi connectivity index (χ0v) is 9.80. The van der Waals surface area contributed by atoms with E-state index in [9.17, 15) is 0 Å². The predicted octanol–water partition coefficient (Wildman–Crippen LogP) is 3.21. The lowest BCUT2D eigenvalue weighted by molar-refractivity contribution is 0.505. The molecule has 2 rings (SSSR count). The highest BCUT2D eigenvalue weighted by atomic mass is 32.1. The van der Waals surface area contributed by atoms with E-state index in [0.29, 0.717) is 0 Å². The molecule has 0 fully saturated rings. The highest BCUT2D eigenvalue weighted by Gasteiger charge is 2.17. The number of hydrogen-bond acceptors (Lipinski definition) is 3. The van der Waals surface area contributed by atoms with Crippen molar-refractivity contribution >= 4 is 11.3 Å². The second-order valence-electron chi connectivity index (χ2n) is 3.39. The van der Waals surface area contributed by atoms with Gasteiger partial charge in [-0.3, -0.25) is 0 Å². The van der Waals surface area contributed by atoms with Gasteiger partial charge in [-0.2, -0.15) is 0 Å². The van der Waals surface area contributed by atoms with Crippen LogP contribution in [0.25, 0.3) is 0 Å². The molecule has 80 valence electrons. The molecule has 0 radical (unpaired) electrons. The molecule has 0 aliphatic carbocycles. The van der Waals surface area contributed by atoms with Crippen molar-refractivity contribution in [3.63, 3.8) is 0 Å². The number of hydrogen-bond donors (Lipinski definition) is 1. The van der Waals surface area contributed by atoms with Crippen LogP contribution in [0.5, 0.6) is 0 Å². The van der Waals surface area contributed by atoms with Gasteiger partial charge in [-0.05, 0) is 24.6 Å². The maximum Gasteiger partial charge on any atom is 0.108 e. The molecule has 1 N–H and O–H groups in total. The second-order valence-corrected chi connectivity index (χ2v) is 4.37. The molecule has 2 aromatic rings. The van der Waals surface area contributed by atoms with E-state index < -0.39 is 0 Å². The molecule has 0 aromatic carbocycles. The Hall–Kier alpha value is -1.06. The zero-order valence-electron chi connectivity index (χ0n) is 8.99. The van der Waals surface area contributed by atoms with E-state index in [0.717, 1.165) is 12.2 Å². The summed E-state index contributed by atoms with van der Waals surface area (Å²) in [5, 5.41) is 5.43. The van der Waals surface area contributed by atoms with Crippen LogP contribution in [0.4, 0.5) is 0 Å². The topological polar surface area (TPSA) is 25.2 Å². The average Bonchev–Trinajstić information content (AvgIpc) is 2.89. The van der Waals surface area contributed by atoms with Gasteiger partial charge in [-0.1, -0.05) is 13.0 Å². The number of thiophene rings is 1. The SMILES string of the molecule is CCc1occc1C(NC)c1cccs1. The first-order valence-electron chi connectivity index (χ1n) is 5.13. The largest absolute Gasteiger partial charge is 0.469 e. The molecule has 0 saturated heterocycles. The number of nitrogens with one attached hydrogen (secondary N) is 1. The van der Waals surface area contributed by atoms with Crippen molar-refractivity contribution in [1.82, 2.24) is 5.32 Å². The van der Waals surface area contributed by atoms with E-state index in [1.165, 1.54) is 10.4 Å².